The highest BCUT2D eigenvalue weighted by Gasteiger charge is 2.23. The molecule has 0 saturated heterocycles. The molecule has 0 amide bonds. The third kappa shape index (κ3) is 4.02. The van der Waals surface area contributed by atoms with Gasteiger partial charge in [-0.3, -0.25) is 19.9 Å². The van der Waals surface area contributed by atoms with Crippen LogP contribution < -0.4 is 10.2 Å². The van der Waals surface area contributed by atoms with Crippen LogP contribution in [0.1, 0.15) is 35.6 Å². The number of anilines is 3. The standard InChI is InChI=1S/C24H25N7O2/c1-5-30(6-2)17-7-8-18(15(3)13-17)27-23-22(20(33)9-12-32)29-31-16(4)21(28-24(23)31)19-14-25-10-11-26-19/h7-11,13-14,27,29H,5-6H2,1-4H3. The summed E-state index contributed by atoms with van der Waals surface area (Å²) in [6.07, 6.45) is 5.71. The van der Waals surface area contributed by atoms with Gasteiger partial charge >= 0.3 is 0 Å². The van der Waals surface area contributed by atoms with Gasteiger partial charge in [0.2, 0.25) is 5.78 Å². The molecule has 0 aliphatic carbocycles. The molecule has 4 aromatic rings. The van der Waals surface area contributed by atoms with Crippen molar-refractivity contribution in [2.24, 2.45) is 0 Å². The summed E-state index contributed by atoms with van der Waals surface area (Å²) in [7, 11) is 0. The number of imidazole rings is 1. The molecule has 3 heterocycles. The fourth-order valence-electron chi connectivity index (χ4n) is 3.88. The van der Waals surface area contributed by atoms with Crippen LogP contribution in [0.25, 0.3) is 17.0 Å². The largest absolute Gasteiger partial charge is 0.372 e. The van der Waals surface area contributed by atoms with E-state index in [-0.39, 0.29) is 5.69 Å². The summed E-state index contributed by atoms with van der Waals surface area (Å²) in [5.74, 6) is 1.07. The minimum atomic E-state index is -0.490. The number of benzene rings is 1. The number of carbonyl (C=O) groups is 1. The SMILES string of the molecule is CCN(CC)c1ccc(Nc2c(C(=O)C=C=O)[nH]n3c(C)c(-c4cnccn4)nc23)c(C)c1. The number of aromatic amines is 1. The Morgan fingerprint density at radius 3 is 2.67 bits per heavy atom. The van der Waals surface area contributed by atoms with Gasteiger partial charge in [-0.05, 0) is 51.5 Å². The Kier molecular flexibility index (Phi) is 6.06. The van der Waals surface area contributed by atoms with Crippen molar-refractivity contribution in [2.45, 2.75) is 27.7 Å². The molecule has 0 aliphatic rings. The van der Waals surface area contributed by atoms with E-state index < -0.39 is 5.78 Å². The fourth-order valence-corrected chi connectivity index (χ4v) is 3.88. The third-order valence-electron chi connectivity index (χ3n) is 5.65. The van der Waals surface area contributed by atoms with Crippen LogP contribution >= 0.6 is 0 Å². The zero-order valence-electron chi connectivity index (χ0n) is 19.0. The molecule has 3 aromatic heterocycles. The summed E-state index contributed by atoms with van der Waals surface area (Å²) < 4.78 is 1.71. The number of hydrogen-bond acceptors (Lipinski definition) is 7. The molecule has 0 bridgehead atoms. The topological polar surface area (TPSA) is 108 Å². The summed E-state index contributed by atoms with van der Waals surface area (Å²) >= 11 is 0. The van der Waals surface area contributed by atoms with Crippen LogP contribution in [0.4, 0.5) is 17.1 Å². The molecule has 9 nitrogen and oxygen atoms in total. The van der Waals surface area contributed by atoms with Gasteiger partial charge in [0.25, 0.3) is 0 Å². The van der Waals surface area contributed by atoms with Crippen LogP contribution in [0.3, 0.4) is 0 Å². The molecule has 9 heteroatoms. The molecule has 0 atom stereocenters. The zero-order valence-corrected chi connectivity index (χ0v) is 19.0. The minimum Gasteiger partial charge on any atom is -0.372 e. The quantitative estimate of drug-likeness (QED) is 0.242. The van der Waals surface area contributed by atoms with E-state index in [0.29, 0.717) is 22.7 Å². The van der Waals surface area contributed by atoms with Gasteiger partial charge in [-0.1, -0.05) is 0 Å². The number of nitrogens with one attached hydrogen (secondary N) is 2. The van der Waals surface area contributed by atoms with Crippen molar-refractivity contribution in [1.82, 2.24) is 24.6 Å². The minimum absolute atomic E-state index is 0.224. The van der Waals surface area contributed by atoms with Gasteiger partial charge in [-0.25, -0.2) is 14.3 Å². The molecule has 4 rings (SSSR count). The first-order valence-corrected chi connectivity index (χ1v) is 10.7. The Morgan fingerprint density at radius 1 is 1.24 bits per heavy atom. The molecule has 0 spiro atoms. The van der Waals surface area contributed by atoms with Gasteiger partial charge in [0, 0.05) is 36.9 Å². The monoisotopic (exact) mass is 443 g/mol. The Labute approximate surface area is 191 Å². The summed E-state index contributed by atoms with van der Waals surface area (Å²) in [5.41, 5.74) is 6.22. The van der Waals surface area contributed by atoms with Crippen molar-refractivity contribution >= 4 is 34.4 Å². The van der Waals surface area contributed by atoms with E-state index in [9.17, 15) is 9.59 Å². The van der Waals surface area contributed by atoms with Crippen LogP contribution in [0.15, 0.2) is 42.9 Å². The van der Waals surface area contributed by atoms with Crippen LogP contribution in [0, 0.1) is 13.8 Å². The normalized spacial score (nSPS) is 10.8. The van der Waals surface area contributed by atoms with E-state index in [0.717, 1.165) is 41.8 Å². The number of allylic oxidation sites excluding steroid dienone is 1. The number of rotatable bonds is 8. The number of aryl methyl sites for hydroxylation is 2. The lowest BCUT2D eigenvalue weighted by molar-refractivity contribution is 0.104. The maximum atomic E-state index is 12.6. The van der Waals surface area contributed by atoms with E-state index in [1.807, 2.05) is 26.0 Å². The molecule has 0 radical (unpaired) electrons. The highest BCUT2D eigenvalue weighted by molar-refractivity contribution is 6.12. The van der Waals surface area contributed by atoms with Gasteiger partial charge in [0.15, 0.2) is 5.65 Å². The van der Waals surface area contributed by atoms with Crippen molar-refractivity contribution in [2.75, 3.05) is 23.3 Å². The Hall–Kier alpha value is -4.23. The van der Waals surface area contributed by atoms with E-state index in [1.165, 1.54) is 0 Å². The third-order valence-corrected chi connectivity index (χ3v) is 5.65. The first-order valence-electron chi connectivity index (χ1n) is 10.7. The van der Waals surface area contributed by atoms with Crippen molar-refractivity contribution in [3.05, 3.63) is 59.8 Å². The Morgan fingerprint density at radius 2 is 2.03 bits per heavy atom. The van der Waals surface area contributed by atoms with Crippen molar-refractivity contribution in [3.63, 3.8) is 0 Å². The number of ketones is 1. The molecule has 1 aromatic carbocycles. The van der Waals surface area contributed by atoms with Crippen molar-refractivity contribution in [1.29, 1.82) is 0 Å². The molecule has 0 saturated carbocycles. The molecule has 0 fully saturated rings. The number of fused-ring (bicyclic) bond motifs is 1. The lowest BCUT2D eigenvalue weighted by Crippen LogP contribution is -2.21. The number of aromatic nitrogens is 5. The van der Waals surface area contributed by atoms with Crippen molar-refractivity contribution < 1.29 is 9.59 Å². The Balaban J connectivity index is 1.83. The molecule has 0 aliphatic heterocycles. The molecule has 2 N–H and O–H groups in total. The summed E-state index contributed by atoms with van der Waals surface area (Å²) in [6, 6.07) is 6.13. The number of H-pyrrole nitrogens is 1. The molecule has 0 unspecified atom stereocenters. The van der Waals surface area contributed by atoms with Gasteiger partial charge in [0.1, 0.15) is 28.7 Å². The predicted molar refractivity (Wildman–Crippen MR) is 128 cm³/mol. The Bertz CT molecular complexity index is 1360. The first kappa shape index (κ1) is 22.0. The van der Waals surface area contributed by atoms with E-state index in [1.54, 1.807) is 29.0 Å². The lowest BCUT2D eigenvalue weighted by Gasteiger charge is -2.22. The van der Waals surface area contributed by atoms with Crippen LogP contribution in [0.5, 0.6) is 0 Å². The molecule has 33 heavy (non-hydrogen) atoms. The maximum absolute atomic E-state index is 12.6. The predicted octanol–water partition coefficient (Wildman–Crippen LogP) is 3.90. The second kappa shape index (κ2) is 9.10. The summed E-state index contributed by atoms with van der Waals surface area (Å²) in [6.45, 7) is 9.95. The highest BCUT2D eigenvalue weighted by atomic mass is 16.1. The van der Waals surface area contributed by atoms with Crippen LogP contribution in [-0.4, -0.2) is 49.4 Å². The lowest BCUT2D eigenvalue weighted by atomic mass is 10.1. The molecular weight excluding hydrogens is 418 g/mol. The summed E-state index contributed by atoms with van der Waals surface area (Å²) in [5, 5.41) is 6.43. The highest BCUT2D eigenvalue weighted by Crippen LogP contribution is 2.33. The second-order valence-corrected chi connectivity index (χ2v) is 7.58. The van der Waals surface area contributed by atoms with Gasteiger partial charge in [-0.2, -0.15) is 0 Å². The van der Waals surface area contributed by atoms with Crippen molar-refractivity contribution in [3.8, 4) is 11.4 Å². The first-order chi connectivity index (χ1) is 16.0. The number of carbonyl (C=O) groups excluding carboxylic acids is 2. The second-order valence-electron chi connectivity index (χ2n) is 7.58. The molecular formula is C24H25N7O2. The van der Waals surface area contributed by atoms with E-state index in [2.05, 4.69) is 45.2 Å². The van der Waals surface area contributed by atoms with Crippen LogP contribution in [0.2, 0.25) is 0 Å². The van der Waals surface area contributed by atoms with Crippen LogP contribution in [-0.2, 0) is 4.79 Å². The smallest absolute Gasteiger partial charge is 0.216 e. The average Bonchev–Trinajstić information content (AvgIpc) is 3.34. The summed E-state index contributed by atoms with van der Waals surface area (Å²) in [4.78, 5) is 39.0. The van der Waals surface area contributed by atoms with Gasteiger partial charge in [-0.15, -0.1) is 0 Å². The van der Waals surface area contributed by atoms with E-state index >= 15 is 0 Å². The van der Waals surface area contributed by atoms with Gasteiger partial charge < -0.3 is 10.2 Å². The van der Waals surface area contributed by atoms with Gasteiger partial charge in [0.05, 0.1) is 18.0 Å². The molecule has 168 valence electrons. The van der Waals surface area contributed by atoms with E-state index in [4.69, 9.17) is 4.98 Å². The zero-order chi connectivity index (χ0) is 23.5. The fraction of sp³-hybridized carbons (Fsp3) is 0.250. The average molecular weight is 444 g/mol. The number of hydrogen-bond donors (Lipinski definition) is 2. The maximum Gasteiger partial charge on any atom is 0.216 e. The number of nitrogens with zero attached hydrogens (tertiary/aromatic N) is 5.